The number of carbonyl (C=O) groups is 1. The van der Waals surface area contributed by atoms with Crippen molar-refractivity contribution < 1.29 is 23.9 Å². The van der Waals surface area contributed by atoms with E-state index in [0.29, 0.717) is 27.7 Å². The third-order valence-electron chi connectivity index (χ3n) is 4.91. The van der Waals surface area contributed by atoms with E-state index in [0.717, 1.165) is 5.56 Å². The molecule has 174 valence electrons. The molecule has 2 aromatic carbocycles. The topological polar surface area (TPSA) is 134 Å². The van der Waals surface area contributed by atoms with Gasteiger partial charge in [0.15, 0.2) is 22.1 Å². The molecule has 33 heavy (non-hydrogen) atoms. The number of methoxy groups -OCH3 is 3. The first-order chi connectivity index (χ1) is 15.9. The molecule has 0 aliphatic heterocycles. The van der Waals surface area contributed by atoms with Crippen LogP contribution in [-0.4, -0.2) is 53.5 Å². The Morgan fingerprint density at radius 1 is 1.15 bits per heavy atom. The Bertz CT molecular complexity index is 1200. The number of nitrogens with zero attached hydrogens (tertiary/aromatic N) is 3. The van der Waals surface area contributed by atoms with Crippen molar-refractivity contribution in [2.45, 2.75) is 13.0 Å². The van der Waals surface area contributed by atoms with Crippen molar-refractivity contribution in [3.8, 4) is 28.6 Å². The fourth-order valence-electron chi connectivity index (χ4n) is 3.24. The third-order valence-corrected chi connectivity index (χ3v) is 5.22. The summed E-state index contributed by atoms with van der Waals surface area (Å²) in [7, 11) is 4.43. The lowest BCUT2D eigenvalue weighted by Gasteiger charge is -2.11. The normalized spacial score (nSPS) is 10.5. The Balaban J connectivity index is 1.69. The largest absolute Gasteiger partial charge is 0.497 e. The van der Waals surface area contributed by atoms with Gasteiger partial charge in [-0.25, -0.2) is 0 Å². The molecule has 11 nitrogen and oxygen atoms in total. The average Bonchev–Trinajstić information content (AvgIpc) is 3.18. The number of carbonyl (C=O) groups excluding carboxylic acids is 1. The fraction of sp³-hybridized carbons (Fsp3) is 0.286. The Morgan fingerprint density at radius 2 is 1.82 bits per heavy atom. The number of nitrogens with one attached hydrogen (secondary N) is 2. The molecule has 0 saturated heterocycles. The van der Waals surface area contributed by atoms with Crippen LogP contribution in [0.3, 0.4) is 0 Å². The average molecular weight is 474 g/mol. The van der Waals surface area contributed by atoms with Crippen LogP contribution in [0.1, 0.15) is 5.56 Å². The highest BCUT2D eigenvalue weighted by atomic mass is 32.1. The lowest BCUT2D eigenvalue weighted by atomic mass is 10.1. The first kappa shape index (κ1) is 23.7. The molecule has 0 bridgehead atoms. The highest BCUT2D eigenvalue weighted by Crippen LogP contribution is 2.34. The molecule has 0 aliphatic carbocycles. The van der Waals surface area contributed by atoms with Gasteiger partial charge in [0.2, 0.25) is 5.91 Å². The van der Waals surface area contributed by atoms with Crippen molar-refractivity contribution in [3.63, 3.8) is 0 Å². The number of nitro groups is 1. The van der Waals surface area contributed by atoms with E-state index in [-0.39, 0.29) is 36.9 Å². The third kappa shape index (κ3) is 5.47. The van der Waals surface area contributed by atoms with Crippen molar-refractivity contribution in [1.82, 2.24) is 20.1 Å². The van der Waals surface area contributed by atoms with Gasteiger partial charge in [0, 0.05) is 17.7 Å². The standard InChI is InChI=1S/C21H23N5O6S/c1-30-15-6-4-13(5-7-15)20-23-24-21(33)25(20)12-19(27)22-9-8-14-10-17(31-2)18(32-3)11-16(14)26(28)29/h4-7,10-11H,8-9,12H2,1-3H3,(H,22,27)(H,24,33). The minimum atomic E-state index is -0.495. The molecule has 0 atom stereocenters. The summed E-state index contributed by atoms with van der Waals surface area (Å²) in [5, 5.41) is 21.1. The van der Waals surface area contributed by atoms with Gasteiger partial charge in [-0.05, 0) is 49.0 Å². The van der Waals surface area contributed by atoms with Crippen LogP contribution in [0.2, 0.25) is 0 Å². The van der Waals surface area contributed by atoms with E-state index in [1.165, 1.54) is 26.4 Å². The van der Waals surface area contributed by atoms with Gasteiger partial charge < -0.3 is 19.5 Å². The molecule has 0 spiro atoms. The summed E-state index contributed by atoms with van der Waals surface area (Å²) in [6.45, 7) is 0.114. The van der Waals surface area contributed by atoms with Crippen LogP contribution in [0.15, 0.2) is 36.4 Å². The summed E-state index contributed by atoms with van der Waals surface area (Å²) in [6.07, 6.45) is 0.227. The number of amides is 1. The first-order valence-electron chi connectivity index (χ1n) is 9.83. The fourth-order valence-corrected chi connectivity index (χ4v) is 3.44. The van der Waals surface area contributed by atoms with Crippen molar-refractivity contribution in [3.05, 3.63) is 56.8 Å². The maximum atomic E-state index is 12.6. The van der Waals surface area contributed by atoms with Gasteiger partial charge >= 0.3 is 0 Å². The second-order valence-electron chi connectivity index (χ2n) is 6.86. The Labute approximate surface area is 194 Å². The Hall–Kier alpha value is -3.93. The van der Waals surface area contributed by atoms with E-state index in [4.69, 9.17) is 26.4 Å². The van der Waals surface area contributed by atoms with Gasteiger partial charge in [0.05, 0.1) is 32.3 Å². The zero-order valence-corrected chi connectivity index (χ0v) is 19.1. The summed E-state index contributed by atoms with van der Waals surface area (Å²) >= 11 is 5.27. The quantitative estimate of drug-likeness (QED) is 0.261. The molecule has 2 N–H and O–H groups in total. The highest BCUT2D eigenvalue weighted by molar-refractivity contribution is 7.71. The predicted molar refractivity (Wildman–Crippen MR) is 122 cm³/mol. The van der Waals surface area contributed by atoms with Crippen LogP contribution >= 0.6 is 12.2 Å². The zero-order valence-electron chi connectivity index (χ0n) is 18.3. The van der Waals surface area contributed by atoms with E-state index >= 15 is 0 Å². The molecular formula is C21H23N5O6S. The number of benzene rings is 2. The molecular weight excluding hydrogens is 450 g/mol. The molecule has 1 aromatic heterocycles. The van der Waals surface area contributed by atoms with Gasteiger partial charge in [-0.3, -0.25) is 24.6 Å². The molecule has 3 rings (SSSR count). The van der Waals surface area contributed by atoms with Gasteiger partial charge in [-0.2, -0.15) is 5.10 Å². The molecule has 0 unspecified atom stereocenters. The molecule has 0 radical (unpaired) electrons. The van der Waals surface area contributed by atoms with Crippen LogP contribution in [0, 0.1) is 14.9 Å². The lowest BCUT2D eigenvalue weighted by Crippen LogP contribution is -2.29. The van der Waals surface area contributed by atoms with E-state index in [2.05, 4.69) is 15.5 Å². The number of H-pyrrole nitrogens is 1. The van der Waals surface area contributed by atoms with E-state index in [9.17, 15) is 14.9 Å². The minimum Gasteiger partial charge on any atom is -0.497 e. The predicted octanol–water partition coefficient (Wildman–Crippen LogP) is 2.90. The van der Waals surface area contributed by atoms with E-state index in [1.807, 2.05) is 12.1 Å². The van der Waals surface area contributed by atoms with E-state index in [1.54, 1.807) is 23.8 Å². The number of ether oxygens (including phenoxy) is 3. The number of hydrogen-bond donors (Lipinski definition) is 2. The van der Waals surface area contributed by atoms with Crippen molar-refractivity contribution >= 4 is 23.8 Å². The number of aromatic nitrogens is 3. The molecule has 0 saturated carbocycles. The second-order valence-corrected chi connectivity index (χ2v) is 7.25. The summed E-state index contributed by atoms with van der Waals surface area (Å²) < 4.78 is 17.4. The number of rotatable bonds is 10. The lowest BCUT2D eigenvalue weighted by molar-refractivity contribution is -0.385. The molecule has 3 aromatic rings. The molecule has 0 fully saturated rings. The van der Waals surface area contributed by atoms with Gasteiger partial charge in [-0.1, -0.05) is 0 Å². The number of aromatic amines is 1. The summed E-state index contributed by atoms with van der Waals surface area (Å²) in [4.78, 5) is 23.5. The summed E-state index contributed by atoms with van der Waals surface area (Å²) in [6, 6.07) is 10.0. The maximum absolute atomic E-state index is 12.6. The van der Waals surface area contributed by atoms with Crippen LogP contribution in [0.5, 0.6) is 17.2 Å². The minimum absolute atomic E-state index is 0.0648. The molecule has 1 heterocycles. The monoisotopic (exact) mass is 473 g/mol. The van der Waals surface area contributed by atoms with Crippen LogP contribution in [0.25, 0.3) is 11.4 Å². The van der Waals surface area contributed by atoms with Crippen LogP contribution < -0.4 is 19.5 Å². The Morgan fingerprint density at radius 3 is 2.42 bits per heavy atom. The van der Waals surface area contributed by atoms with Gasteiger partial charge in [0.25, 0.3) is 5.69 Å². The maximum Gasteiger partial charge on any atom is 0.276 e. The van der Waals surface area contributed by atoms with Gasteiger partial charge in [0.1, 0.15) is 12.3 Å². The smallest absolute Gasteiger partial charge is 0.276 e. The van der Waals surface area contributed by atoms with E-state index < -0.39 is 4.92 Å². The van der Waals surface area contributed by atoms with Crippen LogP contribution in [-0.2, 0) is 17.8 Å². The SMILES string of the molecule is COc1ccc(-c2n[nH]c(=S)n2CC(=O)NCCc2cc(OC)c(OC)cc2[N+](=O)[O-])cc1. The van der Waals surface area contributed by atoms with Gasteiger partial charge in [-0.15, -0.1) is 0 Å². The zero-order chi connectivity index (χ0) is 24.0. The molecule has 12 heteroatoms. The van der Waals surface area contributed by atoms with Crippen molar-refractivity contribution in [2.24, 2.45) is 0 Å². The van der Waals surface area contributed by atoms with Crippen molar-refractivity contribution in [1.29, 1.82) is 0 Å². The first-order valence-corrected chi connectivity index (χ1v) is 10.2. The van der Waals surface area contributed by atoms with Crippen molar-refractivity contribution in [2.75, 3.05) is 27.9 Å². The molecule has 1 amide bonds. The number of nitro benzene ring substituents is 1. The van der Waals surface area contributed by atoms with Crippen LogP contribution in [0.4, 0.5) is 5.69 Å². The summed E-state index contributed by atoms with van der Waals surface area (Å²) in [5.74, 6) is 1.52. The highest BCUT2D eigenvalue weighted by Gasteiger charge is 2.19. The Kier molecular flexibility index (Phi) is 7.61. The summed E-state index contributed by atoms with van der Waals surface area (Å²) in [5.41, 5.74) is 1.06. The molecule has 0 aliphatic rings. The number of hydrogen-bond acceptors (Lipinski definition) is 8. The second kappa shape index (κ2) is 10.6.